The molecule has 3 rings (SSSR count). The van der Waals surface area contributed by atoms with E-state index in [-0.39, 0.29) is 23.6 Å². The quantitative estimate of drug-likeness (QED) is 0.739. The third kappa shape index (κ3) is 5.13. The van der Waals surface area contributed by atoms with Crippen molar-refractivity contribution in [2.45, 2.75) is 52.5 Å². The van der Waals surface area contributed by atoms with Gasteiger partial charge in [-0.05, 0) is 69.5 Å². The van der Waals surface area contributed by atoms with Crippen molar-refractivity contribution >= 4 is 23.2 Å². The lowest BCUT2D eigenvalue weighted by Crippen LogP contribution is -2.32. The van der Waals surface area contributed by atoms with E-state index in [9.17, 15) is 9.59 Å². The van der Waals surface area contributed by atoms with Crippen molar-refractivity contribution in [1.29, 1.82) is 0 Å². The first kappa shape index (κ1) is 20.8. The molecule has 2 amide bonds. The summed E-state index contributed by atoms with van der Waals surface area (Å²) in [6.45, 7) is 8.08. The van der Waals surface area contributed by atoms with Crippen LogP contribution in [0.1, 0.15) is 65.9 Å². The summed E-state index contributed by atoms with van der Waals surface area (Å²) in [5.74, 6) is -0.465. The Balaban J connectivity index is 1.70. The van der Waals surface area contributed by atoms with Crippen molar-refractivity contribution in [3.8, 4) is 0 Å². The zero-order valence-electron chi connectivity index (χ0n) is 17.5. The Hall–Kier alpha value is -2.89. The predicted octanol–water partition coefficient (Wildman–Crippen LogP) is 4.16. The van der Waals surface area contributed by atoms with Crippen LogP contribution in [0.5, 0.6) is 0 Å². The monoisotopic (exact) mass is 394 g/mol. The van der Waals surface area contributed by atoms with Gasteiger partial charge in [0.2, 0.25) is 0 Å². The molecule has 0 aliphatic heterocycles. The van der Waals surface area contributed by atoms with Crippen molar-refractivity contribution in [2.75, 3.05) is 23.3 Å². The third-order valence-corrected chi connectivity index (χ3v) is 5.53. The molecule has 0 spiro atoms. The maximum absolute atomic E-state index is 12.7. The van der Waals surface area contributed by atoms with E-state index in [0.717, 1.165) is 55.7 Å². The largest absolute Gasteiger partial charge is 0.372 e. The number of pyridine rings is 1. The first-order valence-corrected chi connectivity index (χ1v) is 10.5. The number of hydrogen-bond donors (Lipinski definition) is 2. The second-order valence-corrected chi connectivity index (χ2v) is 7.51. The average Bonchev–Trinajstić information content (AvgIpc) is 3.24. The predicted molar refractivity (Wildman–Crippen MR) is 117 cm³/mol. The molecule has 29 heavy (non-hydrogen) atoms. The van der Waals surface area contributed by atoms with Crippen LogP contribution in [0.4, 0.5) is 11.4 Å². The van der Waals surface area contributed by atoms with Gasteiger partial charge in [-0.15, -0.1) is 0 Å². The maximum atomic E-state index is 12.7. The summed E-state index contributed by atoms with van der Waals surface area (Å²) in [7, 11) is 0. The van der Waals surface area contributed by atoms with Crippen LogP contribution in [0.3, 0.4) is 0 Å². The molecular weight excluding hydrogens is 364 g/mol. The minimum Gasteiger partial charge on any atom is -0.372 e. The Kier molecular flexibility index (Phi) is 6.86. The second-order valence-electron chi connectivity index (χ2n) is 7.51. The number of aryl methyl sites for hydroxylation is 1. The minimum atomic E-state index is -0.320. The van der Waals surface area contributed by atoms with Crippen LogP contribution in [-0.2, 0) is 0 Å². The molecule has 1 fully saturated rings. The van der Waals surface area contributed by atoms with Gasteiger partial charge in [0, 0.05) is 42.3 Å². The molecule has 1 heterocycles. The fourth-order valence-electron chi connectivity index (χ4n) is 3.79. The molecule has 6 heteroatoms. The number of rotatable bonds is 7. The number of anilines is 2. The molecule has 0 bridgehead atoms. The summed E-state index contributed by atoms with van der Waals surface area (Å²) in [6.07, 6.45) is 5.86. The molecule has 1 aliphatic rings. The Bertz CT molecular complexity index is 871. The van der Waals surface area contributed by atoms with Crippen LogP contribution in [0.15, 0.2) is 36.5 Å². The van der Waals surface area contributed by atoms with Crippen molar-refractivity contribution in [3.63, 3.8) is 0 Å². The number of amides is 2. The lowest BCUT2D eigenvalue weighted by atomic mass is 10.1. The van der Waals surface area contributed by atoms with Gasteiger partial charge in [-0.25, -0.2) is 0 Å². The van der Waals surface area contributed by atoms with Crippen LogP contribution in [0.2, 0.25) is 0 Å². The minimum absolute atomic E-state index is 0.145. The average molecular weight is 395 g/mol. The SMILES string of the molecule is CCN(CC)c1ccc(NC(=O)c2cc(C(=O)NC3CCCC3)ccn2)c(C)c1. The van der Waals surface area contributed by atoms with Crippen molar-refractivity contribution in [2.24, 2.45) is 0 Å². The zero-order valence-corrected chi connectivity index (χ0v) is 17.5. The molecule has 6 nitrogen and oxygen atoms in total. The molecule has 1 aromatic heterocycles. The van der Waals surface area contributed by atoms with E-state index >= 15 is 0 Å². The van der Waals surface area contributed by atoms with Gasteiger partial charge in [0.05, 0.1) is 0 Å². The van der Waals surface area contributed by atoms with Gasteiger partial charge >= 0.3 is 0 Å². The zero-order chi connectivity index (χ0) is 20.8. The maximum Gasteiger partial charge on any atom is 0.274 e. The highest BCUT2D eigenvalue weighted by molar-refractivity contribution is 6.05. The summed E-state index contributed by atoms with van der Waals surface area (Å²) in [5.41, 5.74) is 3.56. The highest BCUT2D eigenvalue weighted by Gasteiger charge is 2.19. The molecule has 1 aliphatic carbocycles. The molecule has 1 aromatic carbocycles. The van der Waals surface area contributed by atoms with E-state index < -0.39 is 0 Å². The fourth-order valence-corrected chi connectivity index (χ4v) is 3.79. The standard InChI is InChI=1S/C23H30N4O2/c1-4-27(5-2)19-10-11-20(16(3)14-19)26-23(29)21-15-17(12-13-24-21)22(28)25-18-8-6-7-9-18/h10-15,18H,4-9H2,1-3H3,(H,25,28)(H,26,29). The first-order chi connectivity index (χ1) is 14.0. The van der Waals surface area contributed by atoms with Gasteiger partial charge in [0.25, 0.3) is 11.8 Å². The highest BCUT2D eigenvalue weighted by atomic mass is 16.2. The normalized spacial score (nSPS) is 13.9. The van der Waals surface area contributed by atoms with Crippen LogP contribution in [0, 0.1) is 6.92 Å². The molecule has 2 N–H and O–H groups in total. The number of hydrogen-bond acceptors (Lipinski definition) is 4. The highest BCUT2D eigenvalue weighted by Crippen LogP contribution is 2.23. The molecular formula is C23H30N4O2. The fraction of sp³-hybridized carbons (Fsp3) is 0.435. The molecule has 0 radical (unpaired) electrons. The molecule has 0 atom stereocenters. The third-order valence-electron chi connectivity index (χ3n) is 5.53. The Labute approximate surface area is 172 Å². The number of benzene rings is 1. The number of nitrogens with one attached hydrogen (secondary N) is 2. The molecule has 154 valence electrons. The Morgan fingerprint density at radius 3 is 2.45 bits per heavy atom. The second kappa shape index (κ2) is 9.54. The first-order valence-electron chi connectivity index (χ1n) is 10.5. The summed E-state index contributed by atoms with van der Waals surface area (Å²) in [5, 5.41) is 5.96. The Morgan fingerprint density at radius 1 is 1.07 bits per heavy atom. The molecule has 2 aromatic rings. The molecule has 0 saturated heterocycles. The van der Waals surface area contributed by atoms with Gasteiger partial charge in [-0.1, -0.05) is 12.8 Å². The smallest absolute Gasteiger partial charge is 0.274 e. The lowest BCUT2D eigenvalue weighted by molar-refractivity contribution is 0.0937. The van der Waals surface area contributed by atoms with Gasteiger partial charge in [0.1, 0.15) is 5.69 Å². The van der Waals surface area contributed by atoms with Gasteiger partial charge in [-0.3, -0.25) is 14.6 Å². The molecule has 0 unspecified atom stereocenters. The summed E-state index contributed by atoms with van der Waals surface area (Å²) in [4.78, 5) is 31.6. The van der Waals surface area contributed by atoms with E-state index in [0.29, 0.717) is 5.56 Å². The summed E-state index contributed by atoms with van der Waals surface area (Å²) >= 11 is 0. The van der Waals surface area contributed by atoms with E-state index in [1.165, 1.54) is 6.20 Å². The lowest BCUT2D eigenvalue weighted by Gasteiger charge is -2.22. The van der Waals surface area contributed by atoms with Crippen molar-refractivity contribution in [3.05, 3.63) is 53.3 Å². The van der Waals surface area contributed by atoms with E-state index in [4.69, 9.17) is 0 Å². The van der Waals surface area contributed by atoms with Crippen LogP contribution in [0.25, 0.3) is 0 Å². The van der Waals surface area contributed by atoms with Gasteiger partial charge < -0.3 is 15.5 Å². The summed E-state index contributed by atoms with van der Waals surface area (Å²) in [6, 6.07) is 9.43. The number of carbonyl (C=O) groups excluding carboxylic acids is 2. The van der Waals surface area contributed by atoms with Crippen LogP contribution >= 0.6 is 0 Å². The summed E-state index contributed by atoms with van der Waals surface area (Å²) < 4.78 is 0. The molecule has 1 saturated carbocycles. The van der Waals surface area contributed by atoms with Crippen molar-refractivity contribution in [1.82, 2.24) is 10.3 Å². The van der Waals surface area contributed by atoms with Crippen LogP contribution in [-0.4, -0.2) is 35.9 Å². The Morgan fingerprint density at radius 2 is 1.79 bits per heavy atom. The van der Waals surface area contributed by atoms with Gasteiger partial charge in [0.15, 0.2) is 0 Å². The van der Waals surface area contributed by atoms with Crippen LogP contribution < -0.4 is 15.5 Å². The number of nitrogens with zero attached hydrogens (tertiary/aromatic N) is 2. The topological polar surface area (TPSA) is 74.3 Å². The number of aromatic nitrogens is 1. The van der Waals surface area contributed by atoms with Gasteiger partial charge in [-0.2, -0.15) is 0 Å². The van der Waals surface area contributed by atoms with Crippen molar-refractivity contribution < 1.29 is 9.59 Å². The van der Waals surface area contributed by atoms with E-state index in [1.54, 1.807) is 12.1 Å². The van der Waals surface area contributed by atoms with E-state index in [2.05, 4.69) is 40.4 Å². The number of carbonyl (C=O) groups is 2. The van der Waals surface area contributed by atoms with E-state index in [1.807, 2.05) is 19.1 Å².